The van der Waals surface area contributed by atoms with Crippen molar-refractivity contribution < 1.29 is 8.78 Å². The molecule has 2 aromatic carbocycles. The van der Waals surface area contributed by atoms with Crippen LogP contribution in [0.25, 0.3) is 0 Å². The lowest BCUT2D eigenvalue weighted by Crippen LogP contribution is -2.30. The molecule has 2 aromatic rings. The fourth-order valence-corrected chi connectivity index (χ4v) is 6.31. The minimum absolute atomic E-state index is 0.117. The molecule has 2 aliphatic rings. The summed E-state index contributed by atoms with van der Waals surface area (Å²) in [5.41, 5.74) is 2.76. The molecule has 2 aliphatic carbocycles. The third-order valence-corrected chi connectivity index (χ3v) is 8.40. The minimum Gasteiger partial charge on any atom is -0.203 e. The first kappa shape index (κ1) is 26.4. The lowest BCUT2D eigenvalue weighted by atomic mass is 9.63. The number of fused-ring (bicyclic) bond motifs is 1. The van der Waals surface area contributed by atoms with Crippen LogP contribution in [0.2, 0.25) is 0 Å². The largest absolute Gasteiger partial charge is 0.203 e. The summed E-state index contributed by atoms with van der Waals surface area (Å²) < 4.78 is 28.9. The van der Waals surface area contributed by atoms with Crippen LogP contribution in [-0.2, 0) is 6.42 Å². The summed E-state index contributed by atoms with van der Waals surface area (Å²) >= 11 is 0. The fraction of sp³-hybridized carbons (Fsp3) is 0.471. The Morgan fingerprint density at radius 1 is 0.778 bits per heavy atom. The normalized spacial score (nSPS) is 24.0. The molecule has 0 bridgehead atoms. The molecule has 2 fully saturated rings. The molecule has 4 rings (SSSR count). The van der Waals surface area contributed by atoms with Gasteiger partial charge < -0.3 is 0 Å². The Morgan fingerprint density at radius 3 is 2.28 bits per heavy atom. The van der Waals surface area contributed by atoms with Crippen LogP contribution < -0.4 is 0 Å². The fourth-order valence-electron chi connectivity index (χ4n) is 6.31. The van der Waals surface area contributed by atoms with Crippen molar-refractivity contribution in [2.45, 2.75) is 84.0 Å². The van der Waals surface area contributed by atoms with Crippen molar-refractivity contribution in [1.29, 1.82) is 0 Å². The van der Waals surface area contributed by atoms with E-state index in [0.717, 1.165) is 23.3 Å². The first-order valence-electron chi connectivity index (χ1n) is 13.9. The molecule has 0 heterocycles. The highest BCUT2D eigenvalue weighted by molar-refractivity contribution is 5.45. The van der Waals surface area contributed by atoms with Crippen molar-refractivity contribution in [3.63, 3.8) is 0 Å². The Morgan fingerprint density at radius 2 is 1.50 bits per heavy atom. The number of hydrogen-bond acceptors (Lipinski definition) is 0. The third kappa shape index (κ3) is 6.76. The molecular formula is C34H40F2. The molecule has 0 amide bonds. The van der Waals surface area contributed by atoms with E-state index in [1.807, 2.05) is 31.2 Å². The number of hydrogen-bond donors (Lipinski definition) is 0. The second kappa shape index (κ2) is 13.0. The van der Waals surface area contributed by atoms with Crippen LogP contribution in [-0.4, -0.2) is 0 Å². The lowest BCUT2D eigenvalue weighted by molar-refractivity contribution is 0.115. The Labute approximate surface area is 216 Å². The third-order valence-electron chi connectivity index (χ3n) is 8.40. The Bertz CT molecular complexity index is 1110. The Hall–Kier alpha value is -2.66. The van der Waals surface area contributed by atoms with Crippen molar-refractivity contribution in [3.05, 3.63) is 94.6 Å². The highest BCUT2D eigenvalue weighted by Gasteiger charge is 2.35. The zero-order valence-electron chi connectivity index (χ0n) is 21.9. The van der Waals surface area contributed by atoms with E-state index in [9.17, 15) is 8.78 Å². The quantitative estimate of drug-likeness (QED) is 0.270. The number of rotatable bonds is 7. The molecule has 0 radical (unpaired) electrons. The number of benzene rings is 2. The standard InChI is InChI=1S/C34H40F2/c1-3-5-7-9-26-14-18-32-24-31(22-21-30(32)23-26)27-15-11-25(12-16-27)13-17-29-20-19-28(10-8-6-4-2)33(35)34(29)36/h3-6,11-12,15-16,19-20,26,30-32H,7-10,14,18,21-24H2,1-2H3/b5-3+,6-4+. The van der Waals surface area contributed by atoms with E-state index in [1.165, 1.54) is 56.9 Å². The molecule has 0 saturated heterocycles. The number of halogens is 2. The van der Waals surface area contributed by atoms with E-state index in [4.69, 9.17) is 0 Å². The first-order chi connectivity index (χ1) is 17.6. The van der Waals surface area contributed by atoms with E-state index in [1.54, 1.807) is 12.1 Å². The van der Waals surface area contributed by atoms with Gasteiger partial charge in [-0.2, -0.15) is 0 Å². The van der Waals surface area contributed by atoms with Gasteiger partial charge in [-0.25, -0.2) is 8.78 Å². The maximum atomic E-state index is 14.5. The summed E-state index contributed by atoms with van der Waals surface area (Å²) in [6, 6.07) is 11.7. The molecule has 190 valence electrons. The summed E-state index contributed by atoms with van der Waals surface area (Å²) in [7, 11) is 0. The molecule has 4 atom stereocenters. The molecule has 0 aromatic heterocycles. The van der Waals surface area contributed by atoms with Gasteiger partial charge in [0.2, 0.25) is 0 Å². The van der Waals surface area contributed by atoms with Crippen molar-refractivity contribution in [1.82, 2.24) is 0 Å². The van der Waals surface area contributed by atoms with Gasteiger partial charge in [-0.15, -0.1) is 0 Å². The van der Waals surface area contributed by atoms with Crippen LogP contribution in [0.15, 0.2) is 60.7 Å². The maximum absolute atomic E-state index is 14.5. The van der Waals surface area contributed by atoms with Crippen molar-refractivity contribution in [3.8, 4) is 11.8 Å². The van der Waals surface area contributed by atoms with Crippen LogP contribution in [0.1, 0.15) is 99.8 Å². The van der Waals surface area contributed by atoms with Gasteiger partial charge in [0.15, 0.2) is 11.6 Å². The summed E-state index contributed by atoms with van der Waals surface area (Å²) in [5.74, 6) is 7.60. The van der Waals surface area contributed by atoms with Crippen molar-refractivity contribution in [2.75, 3.05) is 0 Å². The highest BCUT2D eigenvalue weighted by Crippen LogP contribution is 2.48. The van der Waals surface area contributed by atoms with Gasteiger partial charge in [0.25, 0.3) is 0 Å². The van der Waals surface area contributed by atoms with Crippen LogP contribution in [0.3, 0.4) is 0 Å². The predicted octanol–water partition coefficient (Wildman–Crippen LogP) is 9.53. The van der Waals surface area contributed by atoms with Gasteiger partial charge in [-0.3, -0.25) is 0 Å². The van der Waals surface area contributed by atoms with E-state index in [0.29, 0.717) is 24.3 Å². The Kier molecular flexibility index (Phi) is 9.57. The highest BCUT2D eigenvalue weighted by atomic mass is 19.2. The summed E-state index contributed by atoms with van der Waals surface area (Å²) in [5, 5.41) is 0. The van der Waals surface area contributed by atoms with Crippen LogP contribution in [0, 0.1) is 41.2 Å². The summed E-state index contributed by atoms with van der Waals surface area (Å²) in [4.78, 5) is 0. The van der Waals surface area contributed by atoms with Gasteiger partial charge in [0.05, 0.1) is 5.56 Å². The van der Waals surface area contributed by atoms with E-state index in [-0.39, 0.29) is 5.56 Å². The van der Waals surface area contributed by atoms with Crippen molar-refractivity contribution in [2.24, 2.45) is 17.8 Å². The molecule has 4 unspecified atom stereocenters. The first-order valence-corrected chi connectivity index (χ1v) is 13.9. The van der Waals surface area contributed by atoms with Gasteiger partial charge in [-0.1, -0.05) is 60.8 Å². The van der Waals surface area contributed by atoms with Gasteiger partial charge in [0.1, 0.15) is 0 Å². The minimum atomic E-state index is -0.842. The molecule has 36 heavy (non-hydrogen) atoms. The average Bonchev–Trinajstić information content (AvgIpc) is 2.91. The molecule has 2 heteroatoms. The zero-order chi connectivity index (χ0) is 25.3. The average molecular weight is 487 g/mol. The SMILES string of the molecule is C/C=C/CCc1ccc(C#Cc2ccc(C3CCC4CC(CC/C=C/C)CCC4C3)cc2)c(F)c1F. The van der Waals surface area contributed by atoms with Gasteiger partial charge in [0, 0.05) is 5.56 Å². The van der Waals surface area contributed by atoms with Crippen LogP contribution in [0.4, 0.5) is 8.78 Å². The molecule has 2 saturated carbocycles. The lowest BCUT2D eigenvalue weighted by Gasteiger charge is -2.42. The molecule has 0 N–H and O–H groups in total. The predicted molar refractivity (Wildman–Crippen MR) is 147 cm³/mol. The van der Waals surface area contributed by atoms with Gasteiger partial charge in [-0.05, 0) is 125 Å². The topological polar surface area (TPSA) is 0 Å². The number of aryl methyl sites for hydroxylation is 1. The monoisotopic (exact) mass is 486 g/mol. The molecule has 0 spiro atoms. The van der Waals surface area contributed by atoms with E-state index < -0.39 is 11.6 Å². The second-order valence-electron chi connectivity index (χ2n) is 10.7. The Balaban J connectivity index is 1.34. The van der Waals surface area contributed by atoms with E-state index in [2.05, 4.69) is 43.0 Å². The van der Waals surface area contributed by atoms with Gasteiger partial charge >= 0.3 is 0 Å². The summed E-state index contributed by atoms with van der Waals surface area (Å²) in [6.07, 6.45) is 20.3. The zero-order valence-corrected chi connectivity index (χ0v) is 21.9. The maximum Gasteiger partial charge on any atom is 0.174 e. The van der Waals surface area contributed by atoms with E-state index >= 15 is 0 Å². The molecular weight excluding hydrogens is 446 g/mol. The molecule has 0 aliphatic heterocycles. The summed E-state index contributed by atoms with van der Waals surface area (Å²) in [6.45, 7) is 4.04. The smallest absolute Gasteiger partial charge is 0.174 e. The van der Waals surface area contributed by atoms with Crippen LogP contribution >= 0.6 is 0 Å². The molecule has 0 nitrogen and oxygen atoms in total. The van der Waals surface area contributed by atoms with Crippen molar-refractivity contribution >= 4 is 0 Å². The second-order valence-corrected chi connectivity index (χ2v) is 10.7. The van der Waals surface area contributed by atoms with Crippen LogP contribution in [0.5, 0.6) is 0 Å². The number of allylic oxidation sites excluding steroid dienone is 4.